The first-order valence-corrected chi connectivity index (χ1v) is 8.78. The minimum atomic E-state index is -0.363. The van der Waals surface area contributed by atoms with Crippen LogP contribution in [0.1, 0.15) is 0 Å². The first kappa shape index (κ1) is 15.1. The van der Waals surface area contributed by atoms with Gasteiger partial charge in [0.1, 0.15) is 5.82 Å². The predicted molar refractivity (Wildman–Crippen MR) is 105 cm³/mol. The molecule has 0 N–H and O–H groups in total. The van der Waals surface area contributed by atoms with Gasteiger partial charge >= 0.3 is 0 Å². The Bertz CT molecular complexity index is 1590. The molecule has 3 aromatic carbocycles. The van der Waals surface area contributed by atoms with Gasteiger partial charge in [-0.1, -0.05) is 24.3 Å². The van der Waals surface area contributed by atoms with E-state index in [1.165, 1.54) is 16.7 Å². The molecule has 0 radical (unpaired) electrons. The number of rotatable bonds is 1. The normalized spacial score (nSPS) is 11.9. The number of para-hydroxylation sites is 1. The maximum Gasteiger partial charge on any atom is 0.267 e. The van der Waals surface area contributed by atoms with E-state index >= 15 is 0 Å². The molecule has 6 aromatic rings. The van der Waals surface area contributed by atoms with Crippen molar-refractivity contribution in [1.82, 2.24) is 23.8 Å². The molecule has 0 atom stereocenters. The minimum absolute atomic E-state index is 0.215. The van der Waals surface area contributed by atoms with Crippen LogP contribution in [0.5, 0.6) is 0 Å². The van der Waals surface area contributed by atoms with Crippen LogP contribution in [0.2, 0.25) is 0 Å². The Morgan fingerprint density at radius 1 is 0.786 bits per heavy atom. The fourth-order valence-corrected chi connectivity index (χ4v) is 3.76. The van der Waals surface area contributed by atoms with Crippen molar-refractivity contribution in [3.63, 3.8) is 0 Å². The van der Waals surface area contributed by atoms with Gasteiger partial charge < -0.3 is 0 Å². The zero-order valence-corrected chi connectivity index (χ0v) is 14.5. The molecule has 3 aromatic heterocycles. The second-order valence-electron chi connectivity index (χ2n) is 6.60. The number of benzene rings is 3. The van der Waals surface area contributed by atoms with E-state index in [1.54, 1.807) is 22.8 Å². The zero-order chi connectivity index (χ0) is 18.8. The second kappa shape index (κ2) is 5.26. The van der Waals surface area contributed by atoms with Crippen LogP contribution in [0.3, 0.4) is 0 Å². The molecule has 0 spiro atoms. The topological polar surface area (TPSA) is 56.6 Å². The molecule has 0 fully saturated rings. The molecule has 134 valence electrons. The van der Waals surface area contributed by atoms with Crippen molar-refractivity contribution in [1.29, 1.82) is 0 Å². The number of halogens is 1. The number of hydrogen-bond acceptors (Lipinski definition) is 3. The molecular weight excluding hydrogens is 357 g/mol. The van der Waals surface area contributed by atoms with E-state index in [0.29, 0.717) is 16.9 Å². The number of hydrogen-bond donors (Lipinski definition) is 0. The molecular formula is C21H12FN5O. The average Bonchev–Trinajstić information content (AvgIpc) is 3.25. The van der Waals surface area contributed by atoms with Gasteiger partial charge in [0.05, 0.1) is 22.1 Å². The van der Waals surface area contributed by atoms with Gasteiger partial charge in [-0.3, -0.25) is 9.20 Å². The van der Waals surface area contributed by atoms with Gasteiger partial charge in [0.15, 0.2) is 5.65 Å². The lowest BCUT2D eigenvalue weighted by atomic mass is 10.2. The van der Waals surface area contributed by atoms with Crippen molar-refractivity contribution >= 4 is 33.2 Å². The summed E-state index contributed by atoms with van der Waals surface area (Å²) in [6, 6.07) is 21.0. The summed E-state index contributed by atoms with van der Waals surface area (Å²) < 4.78 is 18.4. The maximum absolute atomic E-state index is 13.4. The summed E-state index contributed by atoms with van der Waals surface area (Å²) in [5.41, 5.74) is 2.67. The molecule has 6 nitrogen and oxygen atoms in total. The van der Waals surface area contributed by atoms with Crippen LogP contribution in [0, 0.1) is 5.82 Å². The highest BCUT2D eigenvalue weighted by Crippen LogP contribution is 2.24. The quantitative estimate of drug-likeness (QED) is 0.445. The molecule has 0 unspecified atom stereocenters. The minimum Gasteiger partial charge on any atom is -0.268 e. The Hall–Kier alpha value is -4.00. The summed E-state index contributed by atoms with van der Waals surface area (Å²) in [4.78, 5) is 13.3. The molecule has 0 bridgehead atoms. The van der Waals surface area contributed by atoms with Gasteiger partial charge in [-0.15, -0.1) is 14.8 Å². The fraction of sp³-hybridized carbons (Fsp3) is 0. The maximum atomic E-state index is 13.4. The van der Waals surface area contributed by atoms with Crippen molar-refractivity contribution in [2.75, 3.05) is 0 Å². The summed E-state index contributed by atoms with van der Waals surface area (Å²) in [7, 11) is 0. The van der Waals surface area contributed by atoms with Gasteiger partial charge in [-0.25, -0.2) is 8.96 Å². The molecule has 0 saturated carbocycles. The Morgan fingerprint density at radius 3 is 2.32 bits per heavy atom. The van der Waals surface area contributed by atoms with E-state index in [1.807, 2.05) is 46.9 Å². The highest BCUT2D eigenvalue weighted by Gasteiger charge is 2.19. The lowest BCUT2D eigenvalue weighted by Gasteiger charge is -2.10. The van der Waals surface area contributed by atoms with Crippen molar-refractivity contribution < 1.29 is 4.39 Å². The van der Waals surface area contributed by atoms with Crippen LogP contribution in [-0.4, -0.2) is 23.8 Å². The fourth-order valence-electron chi connectivity index (χ4n) is 3.76. The summed E-state index contributed by atoms with van der Waals surface area (Å²) in [6.45, 7) is 0. The second-order valence-corrected chi connectivity index (χ2v) is 6.60. The Balaban J connectivity index is 1.91. The van der Waals surface area contributed by atoms with Gasteiger partial charge in [-0.2, -0.15) is 0 Å². The lowest BCUT2D eigenvalue weighted by Crippen LogP contribution is -2.21. The molecule has 0 aliphatic heterocycles. The van der Waals surface area contributed by atoms with Gasteiger partial charge in [0.2, 0.25) is 5.78 Å². The molecule has 0 amide bonds. The third kappa shape index (κ3) is 1.87. The number of fused-ring (bicyclic) bond motifs is 7. The summed E-state index contributed by atoms with van der Waals surface area (Å²) in [5, 5.41) is 10.6. The third-order valence-electron chi connectivity index (χ3n) is 5.00. The van der Waals surface area contributed by atoms with Crippen LogP contribution >= 0.6 is 0 Å². The highest BCUT2D eigenvalue weighted by atomic mass is 19.1. The van der Waals surface area contributed by atoms with Crippen LogP contribution in [0.25, 0.3) is 38.9 Å². The molecule has 28 heavy (non-hydrogen) atoms. The molecule has 7 heteroatoms. The largest absolute Gasteiger partial charge is 0.268 e. The van der Waals surface area contributed by atoms with E-state index in [2.05, 4.69) is 10.2 Å². The Labute approximate surface area is 156 Å². The first-order valence-electron chi connectivity index (χ1n) is 8.78. The standard InChI is InChI=1S/C21H12FN5O/c22-13-9-11-14(12-10-13)25-20(28)16-6-2-4-8-18(16)26-19-15-5-1-3-7-17(15)23-27(19)24-21(25)26/h1-12H. The average molecular weight is 369 g/mol. The number of aromatic nitrogens is 5. The van der Waals surface area contributed by atoms with E-state index in [-0.39, 0.29) is 11.4 Å². The van der Waals surface area contributed by atoms with Gasteiger partial charge in [0, 0.05) is 5.39 Å². The summed E-state index contributed by atoms with van der Waals surface area (Å²) in [6.07, 6.45) is 0. The highest BCUT2D eigenvalue weighted by molar-refractivity contribution is 5.95. The Morgan fingerprint density at radius 2 is 1.50 bits per heavy atom. The van der Waals surface area contributed by atoms with E-state index < -0.39 is 0 Å². The summed E-state index contributed by atoms with van der Waals surface area (Å²) >= 11 is 0. The SMILES string of the molecule is O=c1c2ccccc2n2c(nn3nc4ccccc4c32)n1-c1ccc(F)cc1. The molecule has 3 heterocycles. The van der Waals surface area contributed by atoms with Crippen molar-refractivity contribution in [2.45, 2.75) is 0 Å². The first-order chi connectivity index (χ1) is 13.7. The Kier molecular flexibility index (Phi) is 2.84. The summed E-state index contributed by atoms with van der Waals surface area (Å²) in [5.74, 6) is 0.0568. The zero-order valence-electron chi connectivity index (χ0n) is 14.5. The van der Waals surface area contributed by atoms with Crippen LogP contribution in [-0.2, 0) is 0 Å². The monoisotopic (exact) mass is 369 g/mol. The number of nitrogens with zero attached hydrogens (tertiary/aromatic N) is 5. The van der Waals surface area contributed by atoms with Crippen molar-refractivity contribution in [3.05, 3.63) is 89.0 Å². The van der Waals surface area contributed by atoms with Crippen LogP contribution in [0.4, 0.5) is 4.39 Å². The van der Waals surface area contributed by atoms with Crippen molar-refractivity contribution in [2.24, 2.45) is 0 Å². The molecule has 0 aliphatic carbocycles. The van der Waals surface area contributed by atoms with Gasteiger partial charge in [-0.05, 0) is 48.5 Å². The molecule has 0 saturated heterocycles. The van der Waals surface area contributed by atoms with Crippen LogP contribution in [0.15, 0.2) is 77.6 Å². The van der Waals surface area contributed by atoms with E-state index in [9.17, 15) is 9.18 Å². The van der Waals surface area contributed by atoms with Gasteiger partial charge in [0.25, 0.3) is 5.56 Å². The molecule has 0 aliphatic rings. The van der Waals surface area contributed by atoms with Crippen molar-refractivity contribution in [3.8, 4) is 5.69 Å². The van der Waals surface area contributed by atoms with E-state index in [4.69, 9.17) is 0 Å². The smallest absolute Gasteiger partial charge is 0.267 e. The third-order valence-corrected chi connectivity index (χ3v) is 5.00. The van der Waals surface area contributed by atoms with E-state index in [0.717, 1.165) is 22.1 Å². The lowest BCUT2D eigenvalue weighted by molar-refractivity contribution is 0.627. The predicted octanol–water partition coefficient (Wildman–Crippen LogP) is 3.58. The van der Waals surface area contributed by atoms with Crippen LogP contribution < -0.4 is 5.56 Å². The molecule has 6 rings (SSSR count).